The van der Waals surface area contributed by atoms with Crippen LogP contribution >= 0.6 is 0 Å². The molecule has 1 aliphatic rings. The normalized spacial score (nSPS) is 13.6. The lowest BCUT2D eigenvalue weighted by atomic mass is 9.91. The highest BCUT2D eigenvalue weighted by Crippen LogP contribution is 2.46. The van der Waals surface area contributed by atoms with Crippen LogP contribution in [0.4, 0.5) is 22.7 Å². The SMILES string of the molecule is C#C/C(=C\C=C/C)N(c1ccccc1)c1ccc2ccc3c(N(C4=CC=CCC4)c4ccccc4)ccc4ccc1c2c43. The Morgan fingerprint density at radius 1 is 0.721 bits per heavy atom. The van der Waals surface area contributed by atoms with Crippen LogP contribution in [0.3, 0.4) is 0 Å². The molecule has 0 N–H and O–H groups in total. The number of anilines is 4. The van der Waals surface area contributed by atoms with Gasteiger partial charge in [0.25, 0.3) is 0 Å². The Kier molecular flexibility index (Phi) is 6.99. The fraction of sp³-hybridized carbons (Fsp3) is 0.0732. The van der Waals surface area contributed by atoms with Crippen LogP contribution in [-0.2, 0) is 0 Å². The Hall–Kier alpha value is -5.52. The van der Waals surface area contributed by atoms with E-state index in [-0.39, 0.29) is 0 Å². The molecule has 0 aromatic heterocycles. The van der Waals surface area contributed by atoms with Crippen molar-refractivity contribution in [2.45, 2.75) is 19.8 Å². The van der Waals surface area contributed by atoms with E-state index < -0.39 is 0 Å². The van der Waals surface area contributed by atoms with Gasteiger partial charge in [-0.3, -0.25) is 0 Å². The third kappa shape index (κ3) is 4.66. The highest BCUT2D eigenvalue weighted by molar-refractivity contribution is 6.27. The first kappa shape index (κ1) is 26.4. The highest BCUT2D eigenvalue weighted by Gasteiger charge is 2.22. The molecule has 0 saturated heterocycles. The number of rotatable bonds is 7. The van der Waals surface area contributed by atoms with Gasteiger partial charge in [-0.15, -0.1) is 6.42 Å². The molecule has 6 aromatic rings. The maximum Gasteiger partial charge on any atom is 0.0967 e. The molecule has 0 amide bonds. The van der Waals surface area contributed by atoms with Crippen molar-refractivity contribution in [3.63, 3.8) is 0 Å². The first-order chi connectivity index (χ1) is 21.3. The van der Waals surface area contributed by atoms with Crippen molar-refractivity contribution in [1.82, 2.24) is 0 Å². The molecule has 0 spiro atoms. The van der Waals surface area contributed by atoms with Crippen molar-refractivity contribution in [3.8, 4) is 12.3 Å². The van der Waals surface area contributed by atoms with E-state index in [1.165, 1.54) is 49.4 Å². The first-order valence-corrected chi connectivity index (χ1v) is 14.8. The average molecular weight is 553 g/mol. The molecule has 0 bridgehead atoms. The van der Waals surface area contributed by atoms with Gasteiger partial charge in [0.2, 0.25) is 0 Å². The molecule has 2 nitrogen and oxygen atoms in total. The third-order valence-corrected chi connectivity index (χ3v) is 8.24. The zero-order valence-electron chi connectivity index (χ0n) is 24.2. The summed E-state index contributed by atoms with van der Waals surface area (Å²) >= 11 is 0. The standard InChI is InChI=1S/C41H32N2/c1-3-5-15-32(4-2)42(33-16-9-6-10-17-33)38-28-24-30-23-27-37-39(29-25-31-22-26-36(38)40(30)41(31)37)43(34-18-11-7-12-19-34)35-20-13-8-14-21-35/h2-3,5-13,15-20,22-29H,14,21H2,1H3/b5-3-,32-15+. The largest absolute Gasteiger partial charge is 0.314 e. The van der Waals surface area contributed by atoms with E-state index in [1.54, 1.807) is 0 Å². The molecule has 206 valence electrons. The lowest BCUT2D eigenvalue weighted by Crippen LogP contribution is -2.17. The maximum atomic E-state index is 6.15. The third-order valence-electron chi connectivity index (χ3n) is 8.24. The summed E-state index contributed by atoms with van der Waals surface area (Å²) in [5, 5.41) is 7.38. The molecule has 6 aromatic carbocycles. The summed E-state index contributed by atoms with van der Waals surface area (Å²) in [6.45, 7) is 2.00. The lowest BCUT2D eigenvalue weighted by molar-refractivity contribution is 0.919. The van der Waals surface area contributed by atoms with Gasteiger partial charge in [-0.2, -0.15) is 0 Å². The smallest absolute Gasteiger partial charge is 0.0967 e. The topological polar surface area (TPSA) is 6.48 Å². The Morgan fingerprint density at radius 2 is 1.33 bits per heavy atom. The van der Waals surface area contributed by atoms with Crippen molar-refractivity contribution < 1.29 is 0 Å². The second kappa shape index (κ2) is 11.4. The van der Waals surface area contributed by atoms with Crippen molar-refractivity contribution in [2.75, 3.05) is 9.80 Å². The molecule has 2 heteroatoms. The van der Waals surface area contributed by atoms with Crippen molar-refractivity contribution >= 4 is 55.1 Å². The van der Waals surface area contributed by atoms with Gasteiger partial charge >= 0.3 is 0 Å². The molecular weight excluding hydrogens is 520 g/mol. The van der Waals surface area contributed by atoms with Gasteiger partial charge in [-0.1, -0.05) is 103 Å². The summed E-state index contributed by atoms with van der Waals surface area (Å²) in [5.41, 5.74) is 6.53. The molecule has 0 heterocycles. The van der Waals surface area contributed by atoms with Gasteiger partial charge in [0.05, 0.1) is 17.1 Å². The number of terminal acetylenes is 1. The number of para-hydroxylation sites is 2. The predicted octanol–water partition coefficient (Wildman–Crippen LogP) is 11.2. The summed E-state index contributed by atoms with van der Waals surface area (Å²) in [5.74, 6) is 2.96. The summed E-state index contributed by atoms with van der Waals surface area (Å²) in [4.78, 5) is 4.63. The van der Waals surface area contributed by atoms with Crippen LogP contribution in [-0.4, -0.2) is 0 Å². The monoisotopic (exact) mass is 552 g/mol. The molecule has 0 fully saturated rings. The maximum absolute atomic E-state index is 6.15. The molecular formula is C41H32N2. The zero-order chi connectivity index (χ0) is 29.2. The number of allylic oxidation sites excluding steroid dienone is 8. The predicted molar refractivity (Wildman–Crippen MR) is 185 cm³/mol. The fourth-order valence-corrected chi connectivity index (χ4v) is 6.33. The van der Waals surface area contributed by atoms with Gasteiger partial charge in [0.1, 0.15) is 0 Å². The van der Waals surface area contributed by atoms with Crippen LogP contribution in [0.15, 0.2) is 157 Å². The van der Waals surface area contributed by atoms with Crippen LogP contribution in [0.1, 0.15) is 19.8 Å². The van der Waals surface area contributed by atoms with E-state index in [2.05, 4.69) is 137 Å². The van der Waals surface area contributed by atoms with Gasteiger partial charge in [-0.05, 0) is 89.9 Å². The minimum Gasteiger partial charge on any atom is -0.314 e. The average Bonchev–Trinajstić information content (AvgIpc) is 3.08. The molecule has 0 aliphatic heterocycles. The second-order valence-electron chi connectivity index (χ2n) is 10.8. The highest BCUT2D eigenvalue weighted by atomic mass is 15.2. The number of hydrogen-bond donors (Lipinski definition) is 0. The lowest BCUT2D eigenvalue weighted by Gasteiger charge is -2.31. The summed E-state index contributed by atoms with van der Waals surface area (Å²) in [7, 11) is 0. The number of benzene rings is 6. The number of nitrogens with zero attached hydrogens (tertiary/aromatic N) is 2. The van der Waals surface area contributed by atoms with E-state index in [4.69, 9.17) is 6.42 Å². The second-order valence-corrected chi connectivity index (χ2v) is 10.8. The minimum absolute atomic E-state index is 0.785. The van der Waals surface area contributed by atoms with Crippen LogP contribution in [0, 0.1) is 12.3 Å². The van der Waals surface area contributed by atoms with Crippen molar-refractivity contribution in [3.05, 3.63) is 157 Å². The number of hydrogen-bond acceptors (Lipinski definition) is 2. The Balaban J connectivity index is 1.52. The first-order valence-electron chi connectivity index (χ1n) is 14.8. The Labute approximate surface area is 253 Å². The fourth-order valence-electron chi connectivity index (χ4n) is 6.33. The van der Waals surface area contributed by atoms with E-state index in [0.29, 0.717) is 0 Å². The van der Waals surface area contributed by atoms with Crippen molar-refractivity contribution in [1.29, 1.82) is 0 Å². The van der Waals surface area contributed by atoms with E-state index in [9.17, 15) is 0 Å². The molecule has 0 atom stereocenters. The molecule has 0 saturated carbocycles. The van der Waals surface area contributed by atoms with E-state index >= 15 is 0 Å². The van der Waals surface area contributed by atoms with Gasteiger partial charge < -0.3 is 9.80 Å². The molecule has 0 radical (unpaired) electrons. The summed E-state index contributed by atoms with van der Waals surface area (Å²) < 4.78 is 0. The molecule has 1 aliphatic carbocycles. The quantitative estimate of drug-likeness (QED) is 0.110. The van der Waals surface area contributed by atoms with Crippen LogP contribution in [0.2, 0.25) is 0 Å². The van der Waals surface area contributed by atoms with Crippen LogP contribution < -0.4 is 9.80 Å². The Morgan fingerprint density at radius 3 is 1.93 bits per heavy atom. The van der Waals surface area contributed by atoms with Crippen LogP contribution in [0.25, 0.3) is 32.3 Å². The molecule has 7 rings (SSSR count). The zero-order valence-corrected chi connectivity index (χ0v) is 24.2. The summed E-state index contributed by atoms with van der Waals surface area (Å²) in [6, 6.07) is 39.1. The van der Waals surface area contributed by atoms with Gasteiger partial charge in [0, 0.05) is 27.8 Å². The molecule has 43 heavy (non-hydrogen) atoms. The minimum atomic E-state index is 0.785. The molecule has 0 unspecified atom stereocenters. The van der Waals surface area contributed by atoms with Gasteiger partial charge in [-0.25, -0.2) is 0 Å². The van der Waals surface area contributed by atoms with Gasteiger partial charge in [0.15, 0.2) is 0 Å². The van der Waals surface area contributed by atoms with E-state index in [0.717, 1.165) is 29.9 Å². The van der Waals surface area contributed by atoms with Crippen molar-refractivity contribution in [2.24, 2.45) is 0 Å². The Bertz CT molecular complexity index is 2090. The van der Waals surface area contributed by atoms with E-state index in [1.807, 2.05) is 31.2 Å². The van der Waals surface area contributed by atoms with Crippen LogP contribution in [0.5, 0.6) is 0 Å². The summed E-state index contributed by atoms with van der Waals surface area (Å²) in [6.07, 6.45) is 20.9.